The summed E-state index contributed by atoms with van der Waals surface area (Å²) in [6.07, 6.45) is 1.16. The van der Waals surface area contributed by atoms with E-state index in [1.165, 1.54) is 5.56 Å². The summed E-state index contributed by atoms with van der Waals surface area (Å²) in [5.74, 6) is -0.803. The van der Waals surface area contributed by atoms with Crippen LogP contribution in [0, 0.1) is 0 Å². The van der Waals surface area contributed by atoms with Gasteiger partial charge in [0, 0.05) is 18.9 Å². The normalized spacial score (nSPS) is 18.2. The average Bonchev–Trinajstić information content (AvgIpc) is 2.99. The number of imide groups is 1. The van der Waals surface area contributed by atoms with Gasteiger partial charge in [0.25, 0.3) is 0 Å². The molecule has 1 aromatic rings. The number of carbonyl (C=O) groups is 3. The number of hydrogen-bond donors (Lipinski definition) is 1. The Kier molecular flexibility index (Phi) is 4.54. The van der Waals surface area contributed by atoms with Crippen molar-refractivity contribution in [1.82, 2.24) is 10.2 Å². The Morgan fingerprint density at radius 1 is 1.35 bits per heavy atom. The molecule has 1 fully saturated rings. The molecule has 1 aliphatic rings. The summed E-state index contributed by atoms with van der Waals surface area (Å²) >= 11 is 1.62. The number of thiophene rings is 1. The zero-order valence-electron chi connectivity index (χ0n) is 11.6. The van der Waals surface area contributed by atoms with Crippen LogP contribution in [0.15, 0.2) is 16.8 Å². The third-order valence-corrected chi connectivity index (χ3v) is 4.10. The zero-order chi connectivity index (χ0) is 14.7. The van der Waals surface area contributed by atoms with Crippen LogP contribution in [0.5, 0.6) is 0 Å². The first kappa shape index (κ1) is 14.7. The van der Waals surface area contributed by atoms with Crippen molar-refractivity contribution in [3.05, 3.63) is 22.4 Å². The summed E-state index contributed by atoms with van der Waals surface area (Å²) in [5.41, 5.74) is 1.17. The number of nitrogens with one attached hydrogen (secondary N) is 1. The molecular weight excluding hydrogens is 276 g/mol. The van der Waals surface area contributed by atoms with Crippen molar-refractivity contribution < 1.29 is 14.4 Å². The second-order valence-electron chi connectivity index (χ2n) is 5.08. The smallest absolute Gasteiger partial charge is 0.243 e. The summed E-state index contributed by atoms with van der Waals surface area (Å²) < 4.78 is 0. The molecule has 0 saturated carbocycles. The molecule has 0 aliphatic carbocycles. The SMILES string of the molecule is C[C@H](Cc1ccsc1)NC(=O)[C@H](C)N1C(=O)CCC1=O. The van der Waals surface area contributed by atoms with Gasteiger partial charge >= 0.3 is 0 Å². The Balaban J connectivity index is 1.90. The van der Waals surface area contributed by atoms with Crippen LogP contribution in [0.4, 0.5) is 0 Å². The van der Waals surface area contributed by atoms with Gasteiger partial charge in [0.1, 0.15) is 6.04 Å². The fraction of sp³-hybridized carbons (Fsp3) is 0.500. The molecule has 5 nitrogen and oxygen atoms in total. The van der Waals surface area contributed by atoms with Gasteiger partial charge in [-0.3, -0.25) is 19.3 Å². The minimum absolute atomic E-state index is 0.0349. The van der Waals surface area contributed by atoms with Crippen LogP contribution < -0.4 is 5.32 Å². The quantitative estimate of drug-likeness (QED) is 0.833. The lowest BCUT2D eigenvalue weighted by Crippen LogP contribution is -2.49. The first-order valence-electron chi connectivity index (χ1n) is 6.65. The Morgan fingerprint density at radius 2 is 2.00 bits per heavy atom. The van der Waals surface area contributed by atoms with Crippen LogP contribution in [-0.2, 0) is 20.8 Å². The van der Waals surface area contributed by atoms with E-state index in [0.29, 0.717) is 0 Å². The van der Waals surface area contributed by atoms with E-state index in [-0.39, 0.29) is 36.6 Å². The maximum absolute atomic E-state index is 12.1. The Labute approximate surface area is 122 Å². The number of likely N-dealkylation sites (tertiary alicyclic amines) is 1. The molecule has 2 rings (SSSR count). The van der Waals surface area contributed by atoms with E-state index >= 15 is 0 Å². The number of rotatable bonds is 5. The molecule has 1 aliphatic heterocycles. The van der Waals surface area contributed by atoms with Crippen LogP contribution in [0.2, 0.25) is 0 Å². The summed E-state index contributed by atoms with van der Waals surface area (Å²) in [6, 6.07) is 1.25. The molecule has 1 saturated heterocycles. The fourth-order valence-electron chi connectivity index (χ4n) is 2.32. The molecule has 108 valence electrons. The Bertz CT molecular complexity index is 496. The minimum Gasteiger partial charge on any atom is -0.352 e. The molecule has 1 N–H and O–H groups in total. The van der Waals surface area contributed by atoms with Crippen molar-refractivity contribution >= 4 is 29.1 Å². The monoisotopic (exact) mass is 294 g/mol. The molecule has 1 aromatic heterocycles. The van der Waals surface area contributed by atoms with Crippen molar-refractivity contribution in [2.45, 2.75) is 45.2 Å². The van der Waals surface area contributed by atoms with Gasteiger partial charge in [-0.2, -0.15) is 11.3 Å². The van der Waals surface area contributed by atoms with Gasteiger partial charge in [-0.25, -0.2) is 0 Å². The van der Waals surface area contributed by atoms with Gasteiger partial charge in [0.2, 0.25) is 17.7 Å². The lowest BCUT2D eigenvalue weighted by atomic mass is 10.1. The molecule has 0 spiro atoms. The highest BCUT2D eigenvalue weighted by Gasteiger charge is 2.36. The first-order chi connectivity index (χ1) is 9.49. The minimum atomic E-state index is -0.734. The van der Waals surface area contributed by atoms with E-state index in [9.17, 15) is 14.4 Å². The van der Waals surface area contributed by atoms with Gasteiger partial charge in [-0.1, -0.05) is 0 Å². The molecule has 0 unspecified atom stereocenters. The maximum atomic E-state index is 12.1. The van der Waals surface area contributed by atoms with Gasteiger partial charge in [0.15, 0.2) is 0 Å². The van der Waals surface area contributed by atoms with Crippen LogP contribution >= 0.6 is 11.3 Å². The third kappa shape index (κ3) is 3.25. The zero-order valence-corrected chi connectivity index (χ0v) is 12.4. The lowest BCUT2D eigenvalue weighted by molar-refractivity contribution is -0.146. The predicted octanol–water partition coefficient (Wildman–Crippen LogP) is 1.33. The van der Waals surface area contributed by atoms with Gasteiger partial charge < -0.3 is 5.32 Å². The van der Waals surface area contributed by atoms with Gasteiger partial charge in [0.05, 0.1) is 0 Å². The number of carbonyl (C=O) groups excluding carboxylic acids is 3. The topological polar surface area (TPSA) is 66.5 Å². The number of amides is 3. The van der Waals surface area contributed by atoms with Gasteiger partial charge in [-0.15, -0.1) is 0 Å². The summed E-state index contributed by atoms with van der Waals surface area (Å²) in [4.78, 5) is 36.4. The number of hydrogen-bond acceptors (Lipinski definition) is 4. The first-order valence-corrected chi connectivity index (χ1v) is 7.59. The van der Waals surface area contributed by atoms with Crippen LogP contribution in [0.25, 0.3) is 0 Å². The van der Waals surface area contributed by atoms with E-state index in [1.54, 1.807) is 18.3 Å². The van der Waals surface area contributed by atoms with E-state index in [2.05, 4.69) is 5.32 Å². The second kappa shape index (κ2) is 6.17. The summed E-state index contributed by atoms with van der Waals surface area (Å²) in [5, 5.41) is 6.89. The second-order valence-corrected chi connectivity index (χ2v) is 5.86. The molecule has 3 amide bonds. The highest BCUT2D eigenvalue weighted by Crippen LogP contribution is 2.15. The highest BCUT2D eigenvalue weighted by molar-refractivity contribution is 7.07. The van der Waals surface area contributed by atoms with Crippen molar-refractivity contribution in [1.29, 1.82) is 0 Å². The molecular formula is C14H18N2O3S. The molecule has 6 heteroatoms. The summed E-state index contributed by atoms with van der Waals surface area (Å²) in [7, 11) is 0. The Hall–Kier alpha value is -1.69. The fourth-order valence-corrected chi connectivity index (χ4v) is 3.00. The van der Waals surface area contributed by atoms with Crippen molar-refractivity contribution in [2.24, 2.45) is 0 Å². The summed E-state index contributed by atoms with van der Waals surface area (Å²) in [6.45, 7) is 3.50. The molecule has 2 atom stereocenters. The highest BCUT2D eigenvalue weighted by atomic mass is 32.1. The molecule has 20 heavy (non-hydrogen) atoms. The maximum Gasteiger partial charge on any atom is 0.243 e. The van der Waals surface area contributed by atoms with Crippen LogP contribution in [0.1, 0.15) is 32.3 Å². The molecule has 0 radical (unpaired) electrons. The van der Waals surface area contributed by atoms with Crippen molar-refractivity contribution in [3.63, 3.8) is 0 Å². The van der Waals surface area contributed by atoms with E-state index in [4.69, 9.17) is 0 Å². The van der Waals surface area contributed by atoms with Crippen LogP contribution in [0.3, 0.4) is 0 Å². The predicted molar refractivity (Wildman–Crippen MR) is 76.2 cm³/mol. The molecule has 0 aromatic carbocycles. The van der Waals surface area contributed by atoms with Gasteiger partial charge in [-0.05, 0) is 42.7 Å². The van der Waals surface area contributed by atoms with Crippen LogP contribution in [-0.4, -0.2) is 34.7 Å². The van der Waals surface area contributed by atoms with Crippen molar-refractivity contribution in [3.8, 4) is 0 Å². The van der Waals surface area contributed by atoms with E-state index in [1.807, 2.05) is 23.8 Å². The largest absolute Gasteiger partial charge is 0.352 e. The number of nitrogens with zero attached hydrogens (tertiary/aromatic N) is 1. The standard InChI is InChI=1S/C14H18N2O3S/c1-9(7-11-5-6-20-8-11)15-14(19)10(2)16-12(17)3-4-13(16)18/h5-6,8-10H,3-4,7H2,1-2H3,(H,15,19)/t9-,10+/m1/s1. The molecule has 2 heterocycles. The molecule has 0 bridgehead atoms. The van der Waals surface area contributed by atoms with E-state index in [0.717, 1.165) is 11.3 Å². The average molecular weight is 294 g/mol. The lowest BCUT2D eigenvalue weighted by Gasteiger charge is -2.23. The Morgan fingerprint density at radius 3 is 2.55 bits per heavy atom. The van der Waals surface area contributed by atoms with E-state index < -0.39 is 6.04 Å². The third-order valence-electron chi connectivity index (χ3n) is 3.37. The van der Waals surface area contributed by atoms with Crippen molar-refractivity contribution in [2.75, 3.05) is 0 Å².